The third kappa shape index (κ3) is 4.92. The van der Waals surface area contributed by atoms with Crippen LogP contribution in [0.3, 0.4) is 0 Å². The highest BCUT2D eigenvalue weighted by Gasteiger charge is 2.45. The lowest BCUT2D eigenvalue weighted by Crippen LogP contribution is -2.39. The largest absolute Gasteiger partial charge is 0.493 e. The van der Waals surface area contributed by atoms with E-state index in [9.17, 15) is 9.59 Å². The number of benzene rings is 2. The minimum atomic E-state index is -0.709. The maximum Gasteiger partial charge on any atom is 0.315 e. The molecule has 0 amide bonds. The first-order valence-corrected chi connectivity index (χ1v) is 12.6. The van der Waals surface area contributed by atoms with Crippen molar-refractivity contribution in [2.24, 2.45) is 10.9 Å². The average Bonchev–Trinajstić information content (AvgIpc) is 2.87. The average molecular weight is 510 g/mol. The molecule has 1 heterocycles. The first-order chi connectivity index (χ1) is 17.3. The Morgan fingerprint density at radius 1 is 1.11 bits per heavy atom. The van der Waals surface area contributed by atoms with Crippen molar-refractivity contribution in [3.63, 3.8) is 0 Å². The van der Waals surface area contributed by atoms with Crippen LogP contribution in [-0.2, 0) is 14.3 Å². The lowest BCUT2D eigenvalue weighted by molar-refractivity contribution is -0.151. The number of ketones is 1. The molecule has 0 aromatic heterocycles. The smallest absolute Gasteiger partial charge is 0.315 e. The van der Waals surface area contributed by atoms with Gasteiger partial charge < -0.3 is 14.2 Å². The van der Waals surface area contributed by atoms with E-state index in [0.717, 1.165) is 11.1 Å². The molecule has 0 bridgehead atoms. The van der Waals surface area contributed by atoms with E-state index in [2.05, 4.69) is 0 Å². The third-order valence-corrected chi connectivity index (χ3v) is 7.50. The van der Waals surface area contributed by atoms with Crippen LogP contribution in [0, 0.1) is 5.92 Å². The van der Waals surface area contributed by atoms with E-state index in [1.807, 2.05) is 57.2 Å². The molecule has 2 aliphatic rings. The molecule has 7 heteroatoms. The van der Waals surface area contributed by atoms with E-state index < -0.39 is 11.8 Å². The quantitative estimate of drug-likeness (QED) is 0.411. The van der Waals surface area contributed by atoms with Gasteiger partial charge in [-0.1, -0.05) is 42.8 Å². The highest BCUT2D eigenvalue weighted by Crippen LogP contribution is 2.48. The normalized spacial score (nSPS) is 22.4. The molecule has 1 aliphatic heterocycles. The number of carbonyl (C=O) groups is 2. The van der Waals surface area contributed by atoms with Gasteiger partial charge in [0.15, 0.2) is 17.3 Å². The Morgan fingerprint density at radius 3 is 2.50 bits per heavy atom. The molecule has 190 valence electrons. The van der Waals surface area contributed by atoms with Crippen LogP contribution in [0.15, 0.2) is 58.7 Å². The summed E-state index contributed by atoms with van der Waals surface area (Å²) in [6, 6.07) is 13.1. The topological polar surface area (TPSA) is 74.2 Å². The van der Waals surface area contributed by atoms with Crippen LogP contribution in [0.1, 0.15) is 63.0 Å². The number of hydrogen-bond acceptors (Lipinski definition) is 6. The first kappa shape index (κ1) is 26.0. The van der Waals surface area contributed by atoms with E-state index in [4.69, 9.17) is 30.8 Å². The summed E-state index contributed by atoms with van der Waals surface area (Å²) in [6.07, 6.45) is 1.34. The van der Waals surface area contributed by atoms with Gasteiger partial charge in [-0.25, -0.2) is 0 Å². The summed E-state index contributed by atoms with van der Waals surface area (Å²) in [5, 5.41) is 0.514. The molecule has 0 saturated heterocycles. The minimum Gasteiger partial charge on any atom is -0.493 e. The summed E-state index contributed by atoms with van der Waals surface area (Å²) < 4.78 is 16.6. The number of allylic oxidation sites excluding steroid dienone is 2. The number of rotatable bonds is 7. The van der Waals surface area contributed by atoms with E-state index in [-0.39, 0.29) is 23.8 Å². The van der Waals surface area contributed by atoms with Gasteiger partial charge in [-0.15, -0.1) is 0 Å². The number of aliphatic imine (C=N–C) groups is 1. The van der Waals surface area contributed by atoms with Crippen LogP contribution in [0.25, 0.3) is 0 Å². The molecular weight excluding hydrogens is 478 g/mol. The molecule has 4 rings (SSSR count). The van der Waals surface area contributed by atoms with Crippen LogP contribution in [0.2, 0.25) is 5.02 Å². The molecular formula is C29H32ClNO5. The zero-order valence-corrected chi connectivity index (χ0v) is 22.1. The number of nitrogens with zero attached hydrogens (tertiary/aromatic N) is 1. The van der Waals surface area contributed by atoms with E-state index >= 15 is 0 Å². The molecule has 6 nitrogen and oxygen atoms in total. The molecule has 4 atom stereocenters. The summed E-state index contributed by atoms with van der Waals surface area (Å²) in [4.78, 5) is 31.9. The van der Waals surface area contributed by atoms with Gasteiger partial charge >= 0.3 is 5.97 Å². The number of esters is 1. The van der Waals surface area contributed by atoms with Gasteiger partial charge in [-0.2, -0.15) is 0 Å². The third-order valence-electron chi connectivity index (χ3n) is 7.15. The fourth-order valence-electron chi connectivity index (χ4n) is 5.13. The van der Waals surface area contributed by atoms with Gasteiger partial charge in [0.25, 0.3) is 0 Å². The van der Waals surface area contributed by atoms with Crippen molar-refractivity contribution in [3.05, 3.63) is 69.9 Å². The summed E-state index contributed by atoms with van der Waals surface area (Å²) in [5.74, 6) is -0.469. The highest BCUT2D eigenvalue weighted by molar-refractivity contribution is 6.31. The van der Waals surface area contributed by atoms with Gasteiger partial charge in [-0.05, 0) is 61.9 Å². The summed E-state index contributed by atoms with van der Waals surface area (Å²) in [5.41, 5.74) is 3.63. The monoisotopic (exact) mass is 509 g/mol. The fraction of sp³-hybridized carbons (Fsp3) is 0.414. The number of carbonyl (C=O) groups excluding carboxylic acids is 2. The molecule has 2 aromatic carbocycles. The zero-order chi connectivity index (χ0) is 26.0. The molecule has 0 radical (unpaired) electrons. The maximum atomic E-state index is 13.8. The van der Waals surface area contributed by atoms with E-state index in [1.54, 1.807) is 20.3 Å². The Hall–Kier alpha value is -3.12. The van der Waals surface area contributed by atoms with Crippen molar-refractivity contribution in [1.82, 2.24) is 0 Å². The second-order valence-electron chi connectivity index (χ2n) is 9.39. The molecule has 0 saturated carbocycles. The van der Waals surface area contributed by atoms with Crippen LogP contribution >= 0.6 is 11.6 Å². The van der Waals surface area contributed by atoms with Crippen LogP contribution in [0.5, 0.6) is 11.5 Å². The molecule has 1 aliphatic carbocycles. The number of halogens is 1. The highest BCUT2D eigenvalue weighted by atomic mass is 35.5. The SMILES string of the molecule is CC[C@@H](C)OC(=O)C1C(C)=NC2=C(C(=O)C[C@H](c3ccc(OC)c(OC)c3)C2)[C@H]1c1ccccc1Cl. The van der Waals surface area contributed by atoms with Gasteiger partial charge in [0, 0.05) is 34.3 Å². The second-order valence-corrected chi connectivity index (χ2v) is 9.80. The van der Waals surface area contributed by atoms with Crippen molar-refractivity contribution in [3.8, 4) is 11.5 Å². The van der Waals surface area contributed by atoms with E-state index in [0.29, 0.717) is 52.8 Å². The van der Waals surface area contributed by atoms with Crippen LogP contribution in [0.4, 0.5) is 0 Å². The minimum absolute atomic E-state index is 0.0291. The Bertz CT molecular complexity index is 1230. The van der Waals surface area contributed by atoms with Gasteiger partial charge in [0.1, 0.15) is 5.92 Å². The Labute approximate surface area is 217 Å². The summed E-state index contributed by atoms with van der Waals surface area (Å²) in [7, 11) is 3.19. The summed E-state index contributed by atoms with van der Waals surface area (Å²) in [6.45, 7) is 5.66. The van der Waals surface area contributed by atoms with Crippen molar-refractivity contribution in [2.75, 3.05) is 14.2 Å². The molecule has 0 spiro atoms. The van der Waals surface area contributed by atoms with Crippen molar-refractivity contribution in [2.45, 2.75) is 58.0 Å². The van der Waals surface area contributed by atoms with Crippen LogP contribution in [-0.4, -0.2) is 37.8 Å². The first-order valence-electron chi connectivity index (χ1n) is 12.3. The van der Waals surface area contributed by atoms with Crippen molar-refractivity contribution >= 4 is 29.1 Å². The maximum absolute atomic E-state index is 13.8. The van der Waals surface area contributed by atoms with Gasteiger partial charge in [0.05, 0.1) is 20.3 Å². The molecule has 0 N–H and O–H groups in total. The summed E-state index contributed by atoms with van der Waals surface area (Å²) >= 11 is 6.62. The number of ether oxygens (including phenoxy) is 3. The van der Waals surface area contributed by atoms with Gasteiger partial charge in [0.2, 0.25) is 0 Å². The van der Waals surface area contributed by atoms with E-state index in [1.165, 1.54) is 0 Å². The predicted octanol–water partition coefficient (Wildman–Crippen LogP) is 6.27. The number of hydrogen-bond donors (Lipinski definition) is 0. The molecule has 0 fully saturated rings. The van der Waals surface area contributed by atoms with Crippen molar-refractivity contribution in [1.29, 1.82) is 0 Å². The lowest BCUT2D eigenvalue weighted by atomic mass is 9.69. The predicted molar refractivity (Wildman–Crippen MR) is 140 cm³/mol. The van der Waals surface area contributed by atoms with Crippen molar-refractivity contribution < 1.29 is 23.8 Å². The Morgan fingerprint density at radius 2 is 1.83 bits per heavy atom. The number of Topliss-reactive ketones (excluding diaryl/α,β-unsaturated/α-hetero) is 1. The number of methoxy groups -OCH3 is 2. The molecule has 36 heavy (non-hydrogen) atoms. The Kier molecular flexibility index (Phi) is 7.84. The molecule has 1 unspecified atom stereocenters. The van der Waals surface area contributed by atoms with Gasteiger partial charge in [-0.3, -0.25) is 14.6 Å². The second kappa shape index (κ2) is 10.9. The standard InChI is InChI=1S/C29H32ClNO5/c1-6-16(2)36-29(33)26-17(3)31-22-13-19(18-11-12-24(34-4)25(15-18)35-5)14-23(32)28(22)27(26)20-9-7-8-10-21(20)30/h7-12,15-16,19,26-27H,6,13-14H2,1-5H3/t16-,19-,26?,27+/m1/s1. The molecule has 2 aromatic rings. The zero-order valence-electron chi connectivity index (χ0n) is 21.3. The lowest BCUT2D eigenvalue weighted by Gasteiger charge is -2.37. The fourth-order valence-corrected chi connectivity index (χ4v) is 5.38. The van der Waals surface area contributed by atoms with Crippen LogP contribution < -0.4 is 9.47 Å². The Balaban J connectivity index is 1.78.